The maximum atomic E-state index is 6.04. The van der Waals surface area contributed by atoms with E-state index in [9.17, 15) is 0 Å². The van der Waals surface area contributed by atoms with E-state index in [1.54, 1.807) is 6.20 Å². The summed E-state index contributed by atoms with van der Waals surface area (Å²) in [4.78, 5) is 6.43. The molecule has 0 amide bonds. The highest BCUT2D eigenvalue weighted by atomic mass is 15.2. The maximum Gasteiger partial charge on any atom is 0.0738 e. The number of benzene rings is 1. The van der Waals surface area contributed by atoms with Gasteiger partial charge in [-0.25, -0.2) is 0 Å². The Kier molecular flexibility index (Phi) is 4.36. The molecule has 1 aliphatic rings. The summed E-state index contributed by atoms with van der Waals surface area (Å²) in [5.74, 6) is 0. The lowest BCUT2D eigenvalue weighted by Crippen LogP contribution is -2.45. The molecule has 2 aromatic rings. The fourth-order valence-electron chi connectivity index (χ4n) is 2.91. The van der Waals surface area contributed by atoms with Crippen LogP contribution in [0.3, 0.4) is 0 Å². The maximum absolute atomic E-state index is 6.04. The van der Waals surface area contributed by atoms with Crippen molar-refractivity contribution in [1.82, 2.24) is 10.3 Å². The van der Waals surface area contributed by atoms with Crippen LogP contribution in [0.1, 0.15) is 18.4 Å². The molecule has 3 rings (SSSR count). The van der Waals surface area contributed by atoms with E-state index in [1.165, 1.54) is 18.4 Å². The Hall–Kier alpha value is -2.07. The van der Waals surface area contributed by atoms with Gasteiger partial charge in [0.1, 0.15) is 0 Å². The number of nitrogens with two attached hydrogens (primary N) is 1. The van der Waals surface area contributed by atoms with Crippen molar-refractivity contribution in [3.8, 4) is 0 Å². The molecule has 3 N–H and O–H groups in total. The highest BCUT2D eigenvalue weighted by Gasteiger charge is 2.20. The average molecular weight is 282 g/mol. The van der Waals surface area contributed by atoms with Crippen molar-refractivity contribution in [1.29, 1.82) is 0 Å². The minimum Gasteiger partial charge on any atom is -0.396 e. The lowest BCUT2D eigenvalue weighted by molar-refractivity contribution is 0.422. The van der Waals surface area contributed by atoms with Crippen LogP contribution in [0.4, 0.5) is 11.4 Å². The first-order chi connectivity index (χ1) is 10.3. The summed E-state index contributed by atoms with van der Waals surface area (Å²) in [6.45, 7) is 2.99. The SMILES string of the molecule is Nc1cnccc1N1CCCC(NCc2ccccc2)C1. The van der Waals surface area contributed by atoms with Crippen LogP contribution < -0.4 is 16.0 Å². The summed E-state index contributed by atoms with van der Waals surface area (Å²) in [6, 6.07) is 13.1. The third kappa shape index (κ3) is 3.52. The summed E-state index contributed by atoms with van der Waals surface area (Å²) in [5.41, 5.74) is 9.24. The van der Waals surface area contributed by atoms with Crippen molar-refractivity contribution >= 4 is 11.4 Å². The van der Waals surface area contributed by atoms with Crippen molar-refractivity contribution in [2.24, 2.45) is 0 Å². The molecule has 1 aromatic heterocycles. The van der Waals surface area contributed by atoms with Crippen molar-refractivity contribution in [2.75, 3.05) is 23.7 Å². The van der Waals surface area contributed by atoms with Gasteiger partial charge in [-0.2, -0.15) is 0 Å². The van der Waals surface area contributed by atoms with Crippen LogP contribution in [0, 0.1) is 0 Å². The number of nitrogens with zero attached hydrogens (tertiary/aromatic N) is 2. The molecule has 2 heterocycles. The molecule has 1 unspecified atom stereocenters. The zero-order chi connectivity index (χ0) is 14.5. The normalized spacial score (nSPS) is 18.7. The van der Waals surface area contributed by atoms with Crippen LogP contribution in [0.5, 0.6) is 0 Å². The Labute approximate surface area is 126 Å². The Balaban J connectivity index is 1.60. The molecular weight excluding hydrogens is 260 g/mol. The number of hydrogen-bond donors (Lipinski definition) is 2. The van der Waals surface area contributed by atoms with Gasteiger partial charge in [-0.05, 0) is 24.5 Å². The topological polar surface area (TPSA) is 54.2 Å². The Morgan fingerprint density at radius 3 is 2.90 bits per heavy atom. The summed E-state index contributed by atoms with van der Waals surface area (Å²) in [6.07, 6.45) is 5.95. The minimum atomic E-state index is 0.506. The molecule has 0 radical (unpaired) electrons. The van der Waals surface area contributed by atoms with E-state index in [2.05, 4.69) is 45.5 Å². The van der Waals surface area contributed by atoms with Crippen molar-refractivity contribution < 1.29 is 0 Å². The number of rotatable bonds is 4. The fourth-order valence-corrected chi connectivity index (χ4v) is 2.91. The summed E-state index contributed by atoms with van der Waals surface area (Å²) in [7, 11) is 0. The third-order valence-corrected chi connectivity index (χ3v) is 4.03. The molecule has 1 aliphatic heterocycles. The van der Waals surface area contributed by atoms with Crippen LogP contribution in [-0.4, -0.2) is 24.1 Å². The first-order valence-corrected chi connectivity index (χ1v) is 7.54. The number of aromatic nitrogens is 1. The van der Waals surface area contributed by atoms with E-state index in [4.69, 9.17) is 5.73 Å². The van der Waals surface area contributed by atoms with Gasteiger partial charge >= 0.3 is 0 Å². The molecular formula is C17H22N4. The third-order valence-electron chi connectivity index (χ3n) is 4.03. The summed E-state index contributed by atoms with van der Waals surface area (Å²) in [5, 5.41) is 3.66. The number of hydrogen-bond acceptors (Lipinski definition) is 4. The Morgan fingerprint density at radius 1 is 1.24 bits per heavy atom. The van der Waals surface area contributed by atoms with E-state index in [-0.39, 0.29) is 0 Å². The Morgan fingerprint density at radius 2 is 2.10 bits per heavy atom. The van der Waals surface area contributed by atoms with Gasteiger partial charge in [0.15, 0.2) is 0 Å². The van der Waals surface area contributed by atoms with Gasteiger partial charge < -0.3 is 16.0 Å². The van der Waals surface area contributed by atoms with E-state index in [0.29, 0.717) is 6.04 Å². The lowest BCUT2D eigenvalue weighted by Gasteiger charge is -2.35. The zero-order valence-corrected chi connectivity index (χ0v) is 12.2. The van der Waals surface area contributed by atoms with Gasteiger partial charge in [-0.3, -0.25) is 4.98 Å². The number of anilines is 2. The number of pyridine rings is 1. The molecule has 4 heteroatoms. The fraction of sp³-hybridized carbons (Fsp3) is 0.353. The second-order valence-electron chi connectivity index (χ2n) is 5.59. The van der Waals surface area contributed by atoms with Gasteiger partial charge in [0, 0.05) is 31.9 Å². The van der Waals surface area contributed by atoms with Gasteiger partial charge in [0.05, 0.1) is 17.6 Å². The minimum absolute atomic E-state index is 0.506. The smallest absolute Gasteiger partial charge is 0.0738 e. The lowest BCUT2D eigenvalue weighted by atomic mass is 10.0. The predicted octanol–water partition coefficient (Wildman–Crippen LogP) is 2.42. The number of nitrogens with one attached hydrogen (secondary N) is 1. The average Bonchev–Trinajstić information content (AvgIpc) is 2.55. The largest absolute Gasteiger partial charge is 0.396 e. The number of piperidine rings is 1. The Bertz CT molecular complexity index is 570. The van der Waals surface area contributed by atoms with Gasteiger partial charge in [0.25, 0.3) is 0 Å². The highest BCUT2D eigenvalue weighted by Crippen LogP contribution is 2.25. The van der Waals surface area contributed by atoms with Crippen molar-refractivity contribution in [2.45, 2.75) is 25.4 Å². The van der Waals surface area contributed by atoms with Crippen LogP contribution in [0.15, 0.2) is 48.8 Å². The van der Waals surface area contributed by atoms with Gasteiger partial charge in [-0.15, -0.1) is 0 Å². The van der Waals surface area contributed by atoms with E-state index in [1.807, 2.05) is 12.3 Å². The molecule has 1 aromatic carbocycles. The molecule has 1 fully saturated rings. The molecule has 110 valence electrons. The first kappa shape index (κ1) is 13.9. The predicted molar refractivity (Wildman–Crippen MR) is 87.2 cm³/mol. The van der Waals surface area contributed by atoms with Gasteiger partial charge in [-0.1, -0.05) is 30.3 Å². The zero-order valence-electron chi connectivity index (χ0n) is 12.2. The molecule has 0 bridgehead atoms. The molecule has 0 aliphatic carbocycles. The van der Waals surface area contributed by atoms with Crippen molar-refractivity contribution in [3.05, 3.63) is 54.4 Å². The highest BCUT2D eigenvalue weighted by molar-refractivity contribution is 5.66. The van der Waals surface area contributed by atoms with E-state index < -0.39 is 0 Å². The van der Waals surface area contributed by atoms with Crippen LogP contribution in [0.2, 0.25) is 0 Å². The van der Waals surface area contributed by atoms with Crippen LogP contribution in [0.25, 0.3) is 0 Å². The number of nitrogen functional groups attached to an aromatic ring is 1. The molecule has 0 saturated carbocycles. The molecule has 1 atom stereocenters. The molecule has 0 spiro atoms. The second-order valence-corrected chi connectivity index (χ2v) is 5.59. The monoisotopic (exact) mass is 282 g/mol. The van der Waals surface area contributed by atoms with Crippen LogP contribution in [-0.2, 0) is 6.54 Å². The molecule has 1 saturated heterocycles. The molecule has 4 nitrogen and oxygen atoms in total. The summed E-state index contributed by atoms with van der Waals surface area (Å²) < 4.78 is 0. The van der Waals surface area contributed by atoms with Gasteiger partial charge in [0.2, 0.25) is 0 Å². The van der Waals surface area contributed by atoms with Crippen LogP contribution >= 0.6 is 0 Å². The second kappa shape index (κ2) is 6.59. The first-order valence-electron chi connectivity index (χ1n) is 7.54. The standard InChI is InChI=1S/C17H22N4/c18-16-12-19-9-8-17(16)21-10-4-7-15(13-21)20-11-14-5-2-1-3-6-14/h1-3,5-6,8-9,12,15,20H,4,7,10-11,13,18H2. The van der Waals surface area contributed by atoms with E-state index >= 15 is 0 Å². The van der Waals surface area contributed by atoms with E-state index in [0.717, 1.165) is 31.0 Å². The molecule has 21 heavy (non-hydrogen) atoms. The quantitative estimate of drug-likeness (QED) is 0.904. The summed E-state index contributed by atoms with van der Waals surface area (Å²) >= 11 is 0. The van der Waals surface area contributed by atoms with Crippen molar-refractivity contribution in [3.63, 3.8) is 0 Å².